The lowest BCUT2D eigenvalue weighted by molar-refractivity contribution is 0.0835. The van der Waals surface area contributed by atoms with E-state index in [4.69, 9.17) is 4.74 Å². The van der Waals surface area contributed by atoms with E-state index < -0.39 is 15.9 Å². The van der Waals surface area contributed by atoms with E-state index >= 15 is 0 Å². The summed E-state index contributed by atoms with van der Waals surface area (Å²) in [6.45, 7) is 2.46. The number of benzene rings is 1. The number of sulfonamides is 1. The van der Waals surface area contributed by atoms with Crippen molar-refractivity contribution in [1.82, 2.24) is 14.9 Å². The van der Waals surface area contributed by atoms with Gasteiger partial charge in [0.1, 0.15) is 4.90 Å². The fourth-order valence-electron chi connectivity index (χ4n) is 3.25. The molecule has 0 bridgehead atoms. The van der Waals surface area contributed by atoms with E-state index in [2.05, 4.69) is 10.6 Å². The molecule has 27 heavy (non-hydrogen) atoms. The van der Waals surface area contributed by atoms with E-state index in [1.807, 2.05) is 0 Å². The number of piperidine rings is 1. The molecule has 0 radical (unpaired) electrons. The Morgan fingerprint density at radius 2 is 2.19 bits per heavy atom. The van der Waals surface area contributed by atoms with Crippen LogP contribution in [-0.2, 0) is 14.8 Å². The van der Waals surface area contributed by atoms with Crippen LogP contribution in [0.3, 0.4) is 0 Å². The lowest BCUT2D eigenvalue weighted by Gasteiger charge is -2.22. The Labute approximate surface area is 165 Å². The third-order valence-electron chi connectivity index (χ3n) is 4.72. The summed E-state index contributed by atoms with van der Waals surface area (Å²) >= 11 is 0. The second-order valence-corrected chi connectivity index (χ2v) is 8.34. The molecule has 2 aliphatic heterocycles. The predicted octanol–water partition coefficient (Wildman–Crippen LogP) is 0.629. The average molecular weight is 418 g/mol. The molecule has 0 aliphatic carbocycles. The standard InChI is InChI=1S/C17H23N3O5S.ClH/c1-25-8-7-20-17(22)14-5-4-13(9-15(14)26(20,23)24)16(21)19-11-12-3-2-6-18-10-12;/h4-5,9,12,18H,2-3,6-8,10-11H2,1H3,(H,19,21);1H. The number of rotatable bonds is 6. The maximum Gasteiger partial charge on any atom is 0.269 e. The molecule has 0 spiro atoms. The Kier molecular flexibility index (Phi) is 7.21. The van der Waals surface area contributed by atoms with Gasteiger partial charge in [0.25, 0.3) is 21.8 Å². The van der Waals surface area contributed by atoms with E-state index in [0.717, 1.165) is 30.2 Å². The van der Waals surface area contributed by atoms with E-state index in [9.17, 15) is 18.0 Å². The van der Waals surface area contributed by atoms with Gasteiger partial charge >= 0.3 is 0 Å². The number of carbonyl (C=O) groups excluding carboxylic acids is 2. The van der Waals surface area contributed by atoms with Crippen LogP contribution < -0.4 is 10.6 Å². The van der Waals surface area contributed by atoms with Gasteiger partial charge in [-0.3, -0.25) is 9.59 Å². The van der Waals surface area contributed by atoms with Crippen LogP contribution in [0.15, 0.2) is 23.1 Å². The Morgan fingerprint density at radius 1 is 1.41 bits per heavy atom. The Morgan fingerprint density at radius 3 is 2.85 bits per heavy atom. The predicted molar refractivity (Wildman–Crippen MR) is 102 cm³/mol. The third-order valence-corrected chi connectivity index (χ3v) is 6.54. The van der Waals surface area contributed by atoms with Gasteiger partial charge in [-0.2, -0.15) is 0 Å². The van der Waals surface area contributed by atoms with Crippen molar-refractivity contribution >= 4 is 34.2 Å². The fourth-order valence-corrected chi connectivity index (χ4v) is 4.83. The molecule has 150 valence electrons. The zero-order valence-corrected chi connectivity index (χ0v) is 16.7. The molecule has 3 rings (SSSR count). The van der Waals surface area contributed by atoms with Gasteiger partial charge in [-0.05, 0) is 50.0 Å². The summed E-state index contributed by atoms with van der Waals surface area (Å²) < 4.78 is 30.8. The quantitative estimate of drug-likeness (QED) is 0.703. The highest BCUT2D eigenvalue weighted by molar-refractivity contribution is 7.90. The molecule has 2 amide bonds. The lowest BCUT2D eigenvalue weighted by atomic mass is 9.99. The van der Waals surface area contributed by atoms with Gasteiger partial charge in [0.2, 0.25) is 0 Å². The molecule has 1 atom stereocenters. The Bertz CT molecular complexity index is 809. The van der Waals surface area contributed by atoms with Gasteiger partial charge < -0.3 is 15.4 Å². The first kappa shape index (κ1) is 21.6. The molecule has 1 unspecified atom stereocenters. The van der Waals surface area contributed by atoms with Crippen molar-refractivity contribution in [3.8, 4) is 0 Å². The first-order valence-electron chi connectivity index (χ1n) is 8.64. The van der Waals surface area contributed by atoms with Crippen molar-refractivity contribution in [3.63, 3.8) is 0 Å². The zero-order valence-electron chi connectivity index (χ0n) is 15.1. The number of fused-ring (bicyclic) bond motifs is 1. The SMILES string of the molecule is COCCN1C(=O)c2ccc(C(=O)NCC3CCCNC3)cc2S1(=O)=O.Cl. The summed E-state index contributed by atoms with van der Waals surface area (Å²) in [5, 5.41) is 6.14. The van der Waals surface area contributed by atoms with E-state index in [1.165, 1.54) is 25.3 Å². The van der Waals surface area contributed by atoms with E-state index in [0.29, 0.717) is 12.5 Å². The van der Waals surface area contributed by atoms with Crippen LogP contribution in [0.25, 0.3) is 0 Å². The molecule has 1 fully saturated rings. The molecule has 10 heteroatoms. The van der Waals surface area contributed by atoms with Crippen molar-refractivity contribution < 1.29 is 22.7 Å². The zero-order chi connectivity index (χ0) is 18.7. The third kappa shape index (κ3) is 4.43. The lowest BCUT2D eigenvalue weighted by Crippen LogP contribution is -2.38. The van der Waals surface area contributed by atoms with Crippen LogP contribution in [0.4, 0.5) is 0 Å². The number of carbonyl (C=O) groups is 2. The van der Waals surface area contributed by atoms with E-state index in [-0.39, 0.29) is 47.5 Å². The van der Waals surface area contributed by atoms with Crippen LogP contribution in [0.2, 0.25) is 0 Å². The van der Waals surface area contributed by atoms with Crippen molar-refractivity contribution in [2.75, 3.05) is 39.9 Å². The van der Waals surface area contributed by atoms with Crippen LogP contribution in [0.1, 0.15) is 33.6 Å². The Hall–Kier alpha value is -1.68. The maximum absolute atomic E-state index is 12.6. The van der Waals surface area contributed by atoms with Crippen molar-refractivity contribution in [2.45, 2.75) is 17.7 Å². The monoisotopic (exact) mass is 417 g/mol. The number of hydrogen-bond acceptors (Lipinski definition) is 6. The van der Waals surface area contributed by atoms with Gasteiger partial charge in [-0.1, -0.05) is 0 Å². The smallest absolute Gasteiger partial charge is 0.269 e. The molecule has 1 aromatic rings. The number of nitrogens with zero attached hydrogens (tertiary/aromatic N) is 1. The van der Waals surface area contributed by atoms with Gasteiger partial charge in [-0.25, -0.2) is 12.7 Å². The van der Waals surface area contributed by atoms with Crippen molar-refractivity contribution in [3.05, 3.63) is 29.3 Å². The van der Waals surface area contributed by atoms with Gasteiger partial charge in [0.15, 0.2) is 0 Å². The van der Waals surface area contributed by atoms with Crippen LogP contribution in [0, 0.1) is 5.92 Å². The second kappa shape index (κ2) is 9.01. The minimum atomic E-state index is -3.95. The number of halogens is 1. The minimum absolute atomic E-state index is 0. The number of ether oxygens (including phenoxy) is 1. The van der Waals surface area contributed by atoms with Crippen LogP contribution >= 0.6 is 12.4 Å². The number of hydrogen-bond donors (Lipinski definition) is 2. The summed E-state index contributed by atoms with van der Waals surface area (Å²) in [4.78, 5) is 24.6. The topological polar surface area (TPSA) is 105 Å². The first-order chi connectivity index (χ1) is 12.4. The number of nitrogens with one attached hydrogen (secondary N) is 2. The van der Waals surface area contributed by atoms with Crippen molar-refractivity contribution in [2.24, 2.45) is 5.92 Å². The highest BCUT2D eigenvalue weighted by atomic mass is 35.5. The fraction of sp³-hybridized carbons (Fsp3) is 0.529. The molecule has 2 heterocycles. The molecular formula is C17H24ClN3O5S. The molecule has 1 aromatic carbocycles. The highest BCUT2D eigenvalue weighted by Gasteiger charge is 2.41. The molecular weight excluding hydrogens is 394 g/mol. The molecule has 0 aromatic heterocycles. The minimum Gasteiger partial charge on any atom is -0.383 e. The van der Waals surface area contributed by atoms with Crippen molar-refractivity contribution in [1.29, 1.82) is 0 Å². The molecule has 2 aliphatic rings. The molecule has 2 N–H and O–H groups in total. The average Bonchev–Trinajstić information content (AvgIpc) is 2.84. The van der Waals surface area contributed by atoms with Gasteiger partial charge in [-0.15, -0.1) is 12.4 Å². The number of methoxy groups -OCH3 is 1. The van der Waals surface area contributed by atoms with Crippen LogP contribution in [0.5, 0.6) is 0 Å². The second-order valence-electron chi connectivity index (χ2n) is 6.51. The van der Waals surface area contributed by atoms with Gasteiger partial charge in [0, 0.05) is 19.2 Å². The number of amides is 2. The molecule has 8 nitrogen and oxygen atoms in total. The summed E-state index contributed by atoms with van der Waals surface area (Å²) in [5.41, 5.74) is 0.326. The van der Waals surface area contributed by atoms with Crippen LogP contribution in [-0.4, -0.2) is 64.4 Å². The Balaban J connectivity index is 0.00000261. The summed E-state index contributed by atoms with van der Waals surface area (Å²) in [6.07, 6.45) is 2.13. The molecule has 0 saturated carbocycles. The van der Waals surface area contributed by atoms with Gasteiger partial charge in [0.05, 0.1) is 18.7 Å². The summed E-state index contributed by atoms with van der Waals surface area (Å²) in [7, 11) is -2.51. The summed E-state index contributed by atoms with van der Waals surface area (Å²) in [5.74, 6) is -0.550. The summed E-state index contributed by atoms with van der Waals surface area (Å²) in [6, 6.07) is 4.17. The highest BCUT2D eigenvalue weighted by Crippen LogP contribution is 2.30. The molecule has 1 saturated heterocycles. The maximum atomic E-state index is 12.6. The largest absolute Gasteiger partial charge is 0.383 e. The normalized spacial score (nSPS) is 20.7. The first-order valence-corrected chi connectivity index (χ1v) is 10.1. The van der Waals surface area contributed by atoms with E-state index in [1.54, 1.807) is 0 Å².